The number of benzene rings is 1. The van der Waals surface area contributed by atoms with Crippen molar-refractivity contribution in [1.82, 2.24) is 10.2 Å². The molecule has 0 saturated heterocycles. The van der Waals surface area contributed by atoms with Gasteiger partial charge in [0.05, 0.1) is 0 Å². The fourth-order valence-electron chi connectivity index (χ4n) is 2.53. The molecule has 0 atom stereocenters. The Morgan fingerprint density at radius 1 is 1.00 bits per heavy atom. The van der Waals surface area contributed by atoms with Crippen molar-refractivity contribution in [3.8, 4) is 16.3 Å². The Kier molecular flexibility index (Phi) is 5.12. The second-order valence-corrected chi connectivity index (χ2v) is 10.2. The molecule has 0 bridgehead atoms. The first-order valence-electron chi connectivity index (χ1n) is 7.88. The highest BCUT2D eigenvalue weighted by molar-refractivity contribution is 8.01. The zero-order valence-electron chi connectivity index (χ0n) is 15.0. The van der Waals surface area contributed by atoms with Gasteiger partial charge in [0.1, 0.15) is 10.8 Å². The standard InChI is InChI=1S/C18H26N2OS2/c1-8-22-16-20-19-15(23-16)14-12(17(2,3)4)9-11(21)10-13(14)18(5,6)7/h9-10,21H,8H2,1-7H3. The third-order valence-corrected chi connectivity index (χ3v) is 5.58. The summed E-state index contributed by atoms with van der Waals surface area (Å²) in [6, 6.07) is 3.75. The predicted octanol–water partition coefficient (Wildman–Crippen LogP) is 5.62. The Morgan fingerprint density at radius 3 is 1.96 bits per heavy atom. The zero-order chi connectivity index (χ0) is 17.4. The maximum absolute atomic E-state index is 10.2. The van der Waals surface area contributed by atoms with Gasteiger partial charge in [-0.3, -0.25) is 0 Å². The Bertz CT molecular complexity index is 659. The Labute approximate surface area is 147 Å². The lowest BCUT2D eigenvalue weighted by Crippen LogP contribution is -2.19. The molecule has 2 aromatic rings. The fourth-order valence-corrected chi connectivity index (χ4v) is 4.36. The van der Waals surface area contributed by atoms with E-state index >= 15 is 0 Å². The van der Waals surface area contributed by atoms with E-state index < -0.39 is 0 Å². The smallest absolute Gasteiger partial charge is 0.174 e. The summed E-state index contributed by atoms with van der Waals surface area (Å²) < 4.78 is 0.996. The van der Waals surface area contributed by atoms with Crippen LogP contribution in [0.4, 0.5) is 0 Å². The van der Waals surface area contributed by atoms with Crippen LogP contribution in [0.2, 0.25) is 0 Å². The van der Waals surface area contributed by atoms with E-state index in [0.29, 0.717) is 5.75 Å². The molecule has 0 aliphatic carbocycles. The van der Waals surface area contributed by atoms with Crippen molar-refractivity contribution in [1.29, 1.82) is 0 Å². The van der Waals surface area contributed by atoms with Crippen LogP contribution in [0.25, 0.3) is 10.6 Å². The van der Waals surface area contributed by atoms with Crippen LogP contribution in [-0.4, -0.2) is 21.1 Å². The second kappa shape index (κ2) is 6.44. The van der Waals surface area contributed by atoms with Crippen LogP contribution >= 0.6 is 23.1 Å². The highest BCUT2D eigenvalue weighted by atomic mass is 32.2. The van der Waals surface area contributed by atoms with E-state index in [1.807, 2.05) is 12.1 Å². The Morgan fingerprint density at radius 2 is 1.52 bits per heavy atom. The molecule has 1 N–H and O–H groups in total. The van der Waals surface area contributed by atoms with Gasteiger partial charge in [-0.15, -0.1) is 10.2 Å². The van der Waals surface area contributed by atoms with E-state index in [2.05, 4.69) is 58.7 Å². The summed E-state index contributed by atoms with van der Waals surface area (Å²) in [6.45, 7) is 15.1. The number of phenols is 1. The monoisotopic (exact) mass is 350 g/mol. The van der Waals surface area contributed by atoms with Gasteiger partial charge < -0.3 is 5.11 Å². The van der Waals surface area contributed by atoms with Gasteiger partial charge in [0, 0.05) is 5.56 Å². The van der Waals surface area contributed by atoms with Crippen LogP contribution in [0.1, 0.15) is 59.6 Å². The van der Waals surface area contributed by atoms with Crippen molar-refractivity contribution in [2.45, 2.75) is 63.6 Å². The van der Waals surface area contributed by atoms with Crippen LogP contribution < -0.4 is 0 Å². The maximum atomic E-state index is 10.2. The lowest BCUT2D eigenvalue weighted by molar-refractivity contribution is 0.466. The molecule has 0 spiro atoms. The lowest BCUT2D eigenvalue weighted by Gasteiger charge is -2.29. The van der Waals surface area contributed by atoms with Gasteiger partial charge >= 0.3 is 0 Å². The predicted molar refractivity (Wildman–Crippen MR) is 101 cm³/mol. The molecule has 0 amide bonds. The van der Waals surface area contributed by atoms with Crippen LogP contribution in [-0.2, 0) is 10.8 Å². The second-order valence-electron chi connectivity index (χ2n) is 7.72. The van der Waals surface area contributed by atoms with Crippen LogP contribution in [0.15, 0.2) is 16.5 Å². The van der Waals surface area contributed by atoms with Crippen LogP contribution in [0.5, 0.6) is 5.75 Å². The number of aromatic nitrogens is 2. The Balaban J connectivity index is 2.76. The number of nitrogens with zero attached hydrogens (tertiary/aromatic N) is 2. The average Bonchev–Trinajstić information content (AvgIpc) is 2.84. The molecule has 2 rings (SSSR count). The molecule has 0 aliphatic heterocycles. The molecule has 1 heterocycles. The highest BCUT2D eigenvalue weighted by Crippen LogP contribution is 2.44. The first-order chi connectivity index (χ1) is 10.5. The van der Waals surface area contributed by atoms with Gasteiger partial charge in [-0.1, -0.05) is 71.6 Å². The van der Waals surface area contributed by atoms with E-state index in [1.54, 1.807) is 23.1 Å². The van der Waals surface area contributed by atoms with Crippen molar-refractivity contribution >= 4 is 23.1 Å². The summed E-state index contributed by atoms with van der Waals surface area (Å²) in [5.41, 5.74) is 3.19. The molecule has 0 saturated carbocycles. The molecular weight excluding hydrogens is 324 g/mol. The minimum Gasteiger partial charge on any atom is -0.508 e. The molecule has 1 aromatic heterocycles. The molecule has 126 valence electrons. The summed E-state index contributed by atoms with van der Waals surface area (Å²) in [7, 11) is 0. The van der Waals surface area contributed by atoms with Crippen molar-refractivity contribution in [2.24, 2.45) is 0 Å². The van der Waals surface area contributed by atoms with Gasteiger partial charge in [0.2, 0.25) is 0 Å². The number of phenolic OH excluding ortho intramolecular Hbond substituents is 1. The van der Waals surface area contributed by atoms with E-state index in [-0.39, 0.29) is 10.8 Å². The highest BCUT2D eigenvalue weighted by Gasteiger charge is 2.29. The topological polar surface area (TPSA) is 46.0 Å². The molecule has 3 nitrogen and oxygen atoms in total. The first kappa shape index (κ1) is 18.3. The summed E-state index contributed by atoms with van der Waals surface area (Å²) in [6.07, 6.45) is 0. The SMILES string of the molecule is CCSc1nnc(-c2c(C(C)(C)C)cc(O)cc2C(C)(C)C)s1. The van der Waals surface area contributed by atoms with Gasteiger partial charge in [-0.2, -0.15) is 0 Å². The zero-order valence-corrected chi connectivity index (χ0v) is 16.7. The average molecular weight is 351 g/mol. The number of aromatic hydroxyl groups is 1. The van der Waals surface area contributed by atoms with Crippen LogP contribution in [0, 0.1) is 0 Å². The first-order valence-corrected chi connectivity index (χ1v) is 9.69. The van der Waals surface area contributed by atoms with Gasteiger partial charge in [0.15, 0.2) is 4.34 Å². The van der Waals surface area contributed by atoms with Gasteiger partial charge in [-0.25, -0.2) is 0 Å². The van der Waals surface area contributed by atoms with Crippen molar-refractivity contribution in [3.63, 3.8) is 0 Å². The Hall–Kier alpha value is -1.07. The summed E-state index contributed by atoms with van der Waals surface area (Å²) >= 11 is 3.35. The third-order valence-electron chi connectivity index (χ3n) is 3.63. The third kappa shape index (κ3) is 4.07. The molecule has 0 radical (unpaired) electrons. The number of hydrogen-bond acceptors (Lipinski definition) is 5. The van der Waals surface area contributed by atoms with E-state index in [1.165, 1.54) is 0 Å². The van der Waals surface area contributed by atoms with Crippen LogP contribution in [0.3, 0.4) is 0 Å². The minimum atomic E-state index is -0.0855. The molecule has 0 unspecified atom stereocenters. The quantitative estimate of drug-likeness (QED) is 0.730. The number of rotatable bonds is 3. The molecular formula is C18H26N2OS2. The normalized spacial score (nSPS) is 12.7. The lowest BCUT2D eigenvalue weighted by atomic mass is 9.76. The summed E-state index contributed by atoms with van der Waals surface area (Å²) in [4.78, 5) is 0. The molecule has 0 aliphatic rings. The summed E-state index contributed by atoms with van der Waals surface area (Å²) in [5.74, 6) is 1.30. The largest absolute Gasteiger partial charge is 0.508 e. The molecule has 1 aromatic carbocycles. The fraction of sp³-hybridized carbons (Fsp3) is 0.556. The van der Waals surface area contributed by atoms with Crippen molar-refractivity contribution in [2.75, 3.05) is 5.75 Å². The van der Waals surface area contributed by atoms with E-state index in [9.17, 15) is 5.11 Å². The number of thioether (sulfide) groups is 1. The minimum absolute atomic E-state index is 0.0855. The maximum Gasteiger partial charge on any atom is 0.174 e. The molecule has 5 heteroatoms. The van der Waals surface area contributed by atoms with Crippen molar-refractivity contribution in [3.05, 3.63) is 23.3 Å². The van der Waals surface area contributed by atoms with E-state index in [4.69, 9.17) is 0 Å². The van der Waals surface area contributed by atoms with E-state index in [0.717, 1.165) is 31.8 Å². The molecule has 0 fully saturated rings. The molecule has 23 heavy (non-hydrogen) atoms. The van der Waals surface area contributed by atoms with Gasteiger partial charge in [-0.05, 0) is 39.8 Å². The summed E-state index contributed by atoms with van der Waals surface area (Å²) in [5, 5.41) is 20.0. The van der Waals surface area contributed by atoms with Gasteiger partial charge in [0.25, 0.3) is 0 Å². The number of hydrogen-bond donors (Lipinski definition) is 1. The van der Waals surface area contributed by atoms with Crippen molar-refractivity contribution < 1.29 is 5.11 Å².